The van der Waals surface area contributed by atoms with Gasteiger partial charge >= 0.3 is 6.03 Å². The Morgan fingerprint density at radius 1 is 1.20 bits per heavy atom. The molecule has 0 unspecified atom stereocenters. The molecule has 15 heavy (non-hydrogen) atoms. The molecule has 0 aromatic heterocycles. The first-order chi connectivity index (χ1) is 6.96. The lowest BCUT2D eigenvalue weighted by Crippen LogP contribution is -2.58. The van der Waals surface area contributed by atoms with Crippen LogP contribution in [-0.2, 0) is 0 Å². The molecule has 2 heterocycles. The summed E-state index contributed by atoms with van der Waals surface area (Å²) in [7, 11) is 0. The fraction of sp³-hybridized carbons (Fsp3) is 0.917. The Hall–Kier alpha value is -0.730. The van der Waals surface area contributed by atoms with E-state index >= 15 is 0 Å². The third-order valence-electron chi connectivity index (χ3n) is 3.26. The van der Waals surface area contributed by atoms with E-state index < -0.39 is 0 Å². The van der Waals surface area contributed by atoms with Gasteiger partial charge in [0, 0.05) is 26.2 Å². The summed E-state index contributed by atoms with van der Waals surface area (Å²) in [6, 6.07) is 0.270. The van der Waals surface area contributed by atoms with Crippen LogP contribution >= 0.6 is 0 Å². The Bertz CT molecular complexity index is 247. The summed E-state index contributed by atoms with van der Waals surface area (Å²) in [5, 5.41) is 0. The Balaban J connectivity index is 1.71. The normalized spacial score (nSPS) is 22.3. The highest BCUT2D eigenvalue weighted by molar-refractivity contribution is 5.76. The van der Waals surface area contributed by atoms with Gasteiger partial charge in [-0.05, 0) is 24.2 Å². The smallest absolute Gasteiger partial charge is 0.320 e. The average Bonchev–Trinajstić information content (AvgIpc) is 1.89. The topological polar surface area (TPSA) is 23.6 Å². The Morgan fingerprint density at radius 2 is 1.80 bits per heavy atom. The summed E-state index contributed by atoms with van der Waals surface area (Å²) >= 11 is 0. The first kappa shape index (κ1) is 10.8. The molecule has 0 aromatic rings. The first-order valence-electron chi connectivity index (χ1n) is 5.99. The van der Waals surface area contributed by atoms with Gasteiger partial charge in [-0.3, -0.25) is 0 Å². The van der Waals surface area contributed by atoms with E-state index in [-0.39, 0.29) is 6.03 Å². The van der Waals surface area contributed by atoms with Crippen molar-refractivity contribution in [2.75, 3.05) is 26.2 Å². The van der Waals surface area contributed by atoms with E-state index in [4.69, 9.17) is 0 Å². The average molecular weight is 210 g/mol. The van der Waals surface area contributed by atoms with Gasteiger partial charge in [0.05, 0.1) is 0 Å². The summed E-state index contributed by atoms with van der Waals surface area (Å²) in [5.41, 5.74) is 0.399. The van der Waals surface area contributed by atoms with Gasteiger partial charge in [-0.1, -0.05) is 20.8 Å². The van der Waals surface area contributed by atoms with E-state index in [2.05, 4.69) is 20.8 Å². The van der Waals surface area contributed by atoms with Gasteiger partial charge < -0.3 is 9.80 Å². The van der Waals surface area contributed by atoms with Crippen molar-refractivity contribution < 1.29 is 4.79 Å². The molecule has 2 rings (SSSR count). The lowest BCUT2D eigenvalue weighted by molar-refractivity contribution is 0.0585. The van der Waals surface area contributed by atoms with Crippen LogP contribution < -0.4 is 0 Å². The number of hydrogen-bond donors (Lipinski definition) is 0. The summed E-state index contributed by atoms with van der Waals surface area (Å²) in [4.78, 5) is 15.7. The van der Waals surface area contributed by atoms with Crippen LogP contribution in [0.2, 0.25) is 0 Å². The van der Waals surface area contributed by atoms with E-state index in [0.717, 1.165) is 32.1 Å². The van der Waals surface area contributed by atoms with Crippen molar-refractivity contribution in [3.8, 4) is 0 Å². The molecule has 0 saturated carbocycles. The number of hydrogen-bond acceptors (Lipinski definition) is 1. The highest BCUT2D eigenvalue weighted by Crippen LogP contribution is 2.31. The molecular weight excluding hydrogens is 188 g/mol. The Morgan fingerprint density at radius 3 is 2.20 bits per heavy atom. The molecule has 0 spiro atoms. The molecular formula is C12H22N2O. The maximum absolute atomic E-state index is 11.8. The number of amides is 2. The molecule has 86 valence electrons. The molecule has 0 N–H and O–H groups in total. The van der Waals surface area contributed by atoms with Crippen molar-refractivity contribution in [2.24, 2.45) is 11.3 Å². The quantitative estimate of drug-likeness (QED) is 0.650. The van der Waals surface area contributed by atoms with Gasteiger partial charge in [0.15, 0.2) is 0 Å². The predicted octanol–water partition coefficient (Wildman–Crippen LogP) is 2.18. The number of rotatable bonds is 1. The highest BCUT2D eigenvalue weighted by Gasteiger charge is 2.36. The van der Waals surface area contributed by atoms with Crippen LogP contribution in [0.25, 0.3) is 0 Å². The molecule has 2 aliphatic heterocycles. The minimum atomic E-state index is 0.270. The lowest BCUT2D eigenvalue weighted by Gasteiger charge is -2.45. The van der Waals surface area contributed by atoms with E-state index in [1.165, 1.54) is 12.8 Å². The standard InChI is InChI=1S/C12H22N2O/c1-12(2,3)7-10-8-14(9-10)11(15)13-5-4-6-13/h10H,4-9H2,1-3H3. The highest BCUT2D eigenvalue weighted by atomic mass is 16.2. The van der Waals surface area contributed by atoms with Crippen LogP contribution in [0.5, 0.6) is 0 Å². The molecule has 0 atom stereocenters. The Kier molecular flexibility index (Phi) is 2.65. The van der Waals surface area contributed by atoms with E-state index in [1.807, 2.05) is 9.80 Å². The summed E-state index contributed by atoms with van der Waals surface area (Å²) in [6.45, 7) is 10.7. The molecule has 3 heteroatoms. The van der Waals surface area contributed by atoms with Crippen molar-refractivity contribution in [2.45, 2.75) is 33.6 Å². The molecule has 2 saturated heterocycles. The van der Waals surface area contributed by atoms with Crippen LogP contribution in [0.4, 0.5) is 4.79 Å². The minimum Gasteiger partial charge on any atom is -0.325 e. The van der Waals surface area contributed by atoms with Gasteiger partial charge in [-0.2, -0.15) is 0 Å². The lowest BCUT2D eigenvalue weighted by atomic mass is 9.81. The monoisotopic (exact) mass is 210 g/mol. The third-order valence-corrected chi connectivity index (χ3v) is 3.26. The third kappa shape index (κ3) is 2.44. The first-order valence-corrected chi connectivity index (χ1v) is 5.99. The van der Waals surface area contributed by atoms with Crippen molar-refractivity contribution in [1.82, 2.24) is 9.80 Å². The fourth-order valence-electron chi connectivity index (χ4n) is 2.43. The minimum absolute atomic E-state index is 0.270. The van der Waals surface area contributed by atoms with Crippen molar-refractivity contribution >= 4 is 6.03 Å². The van der Waals surface area contributed by atoms with E-state index in [9.17, 15) is 4.79 Å². The van der Waals surface area contributed by atoms with Gasteiger partial charge in [0.1, 0.15) is 0 Å². The Labute approximate surface area is 92.4 Å². The van der Waals surface area contributed by atoms with Crippen LogP contribution in [0.3, 0.4) is 0 Å². The molecule has 0 aromatic carbocycles. The maximum atomic E-state index is 11.8. The molecule has 2 aliphatic rings. The molecule has 2 fully saturated rings. The van der Waals surface area contributed by atoms with Crippen molar-refractivity contribution in [3.05, 3.63) is 0 Å². The number of carbonyl (C=O) groups is 1. The van der Waals surface area contributed by atoms with Gasteiger partial charge in [-0.25, -0.2) is 4.79 Å². The van der Waals surface area contributed by atoms with Gasteiger partial charge in [-0.15, -0.1) is 0 Å². The summed E-state index contributed by atoms with van der Waals surface area (Å²) in [5.74, 6) is 0.732. The van der Waals surface area contributed by atoms with Crippen LogP contribution in [0.1, 0.15) is 33.6 Å². The molecule has 3 nitrogen and oxygen atoms in total. The van der Waals surface area contributed by atoms with Gasteiger partial charge in [0.2, 0.25) is 0 Å². The molecule has 0 radical (unpaired) electrons. The molecule has 0 bridgehead atoms. The second-order valence-corrected chi connectivity index (χ2v) is 6.16. The zero-order chi connectivity index (χ0) is 11.1. The molecule has 0 aliphatic carbocycles. The fourth-order valence-corrected chi connectivity index (χ4v) is 2.43. The zero-order valence-corrected chi connectivity index (χ0v) is 10.1. The zero-order valence-electron chi connectivity index (χ0n) is 10.1. The van der Waals surface area contributed by atoms with Crippen LogP contribution in [0, 0.1) is 11.3 Å². The second-order valence-electron chi connectivity index (χ2n) is 6.16. The largest absolute Gasteiger partial charge is 0.325 e. The summed E-state index contributed by atoms with van der Waals surface area (Å²) < 4.78 is 0. The SMILES string of the molecule is CC(C)(C)CC1CN(C(=O)N2CCC2)C1. The summed E-state index contributed by atoms with van der Waals surface area (Å²) in [6.07, 6.45) is 2.42. The van der Waals surface area contributed by atoms with E-state index in [0.29, 0.717) is 5.41 Å². The maximum Gasteiger partial charge on any atom is 0.320 e. The number of nitrogens with zero attached hydrogens (tertiary/aromatic N) is 2. The number of urea groups is 1. The van der Waals surface area contributed by atoms with Crippen LogP contribution in [0.15, 0.2) is 0 Å². The van der Waals surface area contributed by atoms with Crippen LogP contribution in [-0.4, -0.2) is 42.0 Å². The van der Waals surface area contributed by atoms with E-state index in [1.54, 1.807) is 0 Å². The number of carbonyl (C=O) groups excluding carboxylic acids is 1. The van der Waals surface area contributed by atoms with Gasteiger partial charge in [0.25, 0.3) is 0 Å². The second kappa shape index (κ2) is 3.69. The van der Waals surface area contributed by atoms with Crippen molar-refractivity contribution in [1.29, 1.82) is 0 Å². The number of likely N-dealkylation sites (tertiary alicyclic amines) is 2. The predicted molar refractivity (Wildman–Crippen MR) is 60.7 cm³/mol. The van der Waals surface area contributed by atoms with Crippen molar-refractivity contribution in [3.63, 3.8) is 0 Å². The molecule has 2 amide bonds.